The Bertz CT molecular complexity index is 1570. The second-order valence-corrected chi connectivity index (χ2v) is 11.9. The van der Waals surface area contributed by atoms with Crippen LogP contribution in [0.2, 0.25) is 0 Å². The van der Waals surface area contributed by atoms with Crippen LogP contribution in [0.5, 0.6) is 0 Å². The van der Waals surface area contributed by atoms with Gasteiger partial charge in [-0.2, -0.15) is 5.10 Å². The molecule has 4 rings (SSSR count). The van der Waals surface area contributed by atoms with Crippen molar-refractivity contribution >= 4 is 37.0 Å². The van der Waals surface area contributed by atoms with Gasteiger partial charge < -0.3 is 5.32 Å². The lowest BCUT2D eigenvalue weighted by Gasteiger charge is -2.19. The van der Waals surface area contributed by atoms with Crippen LogP contribution in [0.15, 0.2) is 65.8 Å². The van der Waals surface area contributed by atoms with Crippen molar-refractivity contribution in [3.63, 3.8) is 0 Å². The van der Waals surface area contributed by atoms with Crippen molar-refractivity contribution in [1.82, 2.24) is 19.6 Å². The Kier molecular flexibility index (Phi) is 6.28. The Labute approximate surface area is 198 Å². The van der Waals surface area contributed by atoms with Crippen LogP contribution in [-0.2, 0) is 32.8 Å². The van der Waals surface area contributed by atoms with E-state index in [-0.39, 0.29) is 4.90 Å². The summed E-state index contributed by atoms with van der Waals surface area (Å²) in [5.41, 5.74) is 2.80. The smallest absolute Gasteiger partial charge is 0.233 e. The van der Waals surface area contributed by atoms with E-state index in [4.69, 9.17) is 0 Å². The molecule has 0 spiro atoms. The number of nitrogens with one attached hydrogen (secondary N) is 1. The van der Waals surface area contributed by atoms with E-state index in [1.54, 1.807) is 47.2 Å². The van der Waals surface area contributed by atoms with Crippen LogP contribution >= 0.6 is 0 Å². The lowest BCUT2D eigenvalue weighted by molar-refractivity contribution is 0.598. The van der Waals surface area contributed by atoms with E-state index >= 15 is 0 Å². The number of rotatable bonds is 8. The maximum absolute atomic E-state index is 12.0. The molecule has 0 radical (unpaired) electrons. The number of pyridine rings is 2. The molecule has 3 aromatic heterocycles. The third kappa shape index (κ3) is 5.18. The first-order valence-electron chi connectivity index (χ1n) is 10.3. The molecule has 34 heavy (non-hydrogen) atoms. The van der Waals surface area contributed by atoms with Crippen molar-refractivity contribution < 1.29 is 16.8 Å². The van der Waals surface area contributed by atoms with E-state index in [1.165, 1.54) is 13.3 Å². The summed E-state index contributed by atoms with van der Waals surface area (Å²) in [6.45, 7) is 0.321. The van der Waals surface area contributed by atoms with Crippen molar-refractivity contribution in [2.24, 2.45) is 0 Å². The van der Waals surface area contributed by atoms with E-state index in [9.17, 15) is 16.8 Å². The maximum Gasteiger partial charge on any atom is 0.233 e. The molecule has 10 nitrogen and oxygen atoms in total. The van der Waals surface area contributed by atoms with Crippen molar-refractivity contribution in [2.45, 2.75) is 17.9 Å². The number of hydrogen-bond donors (Lipinski definition) is 1. The van der Waals surface area contributed by atoms with Crippen LogP contribution < -0.4 is 9.62 Å². The number of benzene rings is 1. The molecular formula is C22H24N6O4S2. The van der Waals surface area contributed by atoms with Gasteiger partial charge in [-0.25, -0.2) is 31.3 Å². The SMILES string of the molecule is CN(c1ncccc1CNc1cccn2nc(Cc3cccc(S(C)(=O)=O)c3)nc12)S(C)(=O)=O. The molecule has 0 unspecified atom stereocenters. The molecule has 0 aliphatic heterocycles. The molecule has 4 aromatic rings. The second kappa shape index (κ2) is 9.03. The zero-order chi connectivity index (χ0) is 24.5. The van der Waals surface area contributed by atoms with Gasteiger partial charge in [-0.05, 0) is 35.9 Å². The molecule has 178 valence electrons. The van der Waals surface area contributed by atoms with Crippen LogP contribution in [0.3, 0.4) is 0 Å². The van der Waals surface area contributed by atoms with E-state index < -0.39 is 19.9 Å². The number of nitrogens with zero attached hydrogens (tertiary/aromatic N) is 5. The van der Waals surface area contributed by atoms with Gasteiger partial charge in [0.2, 0.25) is 10.0 Å². The van der Waals surface area contributed by atoms with Gasteiger partial charge in [0.1, 0.15) is 5.82 Å². The number of aromatic nitrogens is 4. The van der Waals surface area contributed by atoms with E-state index in [1.807, 2.05) is 18.2 Å². The first kappa shape index (κ1) is 23.6. The molecule has 1 N–H and O–H groups in total. The zero-order valence-electron chi connectivity index (χ0n) is 18.9. The van der Waals surface area contributed by atoms with E-state index in [0.29, 0.717) is 41.5 Å². The lowest BCUT2D eigenvalue weighted by Crippen LogP contribution is -2.27. The van der Waals surface area contributed by atoms with Crippen molar-refractivity contribution in [2.75, 3.05) is 29.2 Å². The third-order valence-corrected chi connectivity index (χ3v) is 7.51. The highest BCUT2D eigenvalue weighted by atomic mass is 32.2. The molecular weight excluding hydrogens is 476 g/mol. The molecule has 0 saturated heterocycles. The summed E-state index contributed by atoms with van der Waals surface area (Å²) in [6, 6.07) is 14.0. The Morgan fingerprint density at radius 3 is 2.56 bits per heavy atom. The number of sulfone groups is 1. The summed E-state index contributed by atoms with van der Waals surface area (Å²) >= 11 is 0. The average Bonchev–Trinajstić information content (AvgIpc) is 3.19. The lowest BCUT2D eigenvalue weighted by atomic mass is 10.1. The molecule has 12 heteroatoms. The third-order valence-electron chi connectivity index (χ3n) is 5.23. The van der Waals surface area contributed by atoms with Crippen LogP contribution in [-0.4, -0.2) is 56.0 Å². The highest BCUT2D eigenvalue weighted by molar-refractivity contribution is 7.92. The van der Waals surface area contributed by atoms with Gasteiger partial charge in [0.05, 0.1) is 16.8 Å². The summed E-state index contributed by atoms with van der Waals surface area (Å²) in [5.74, 6) is 0.885. The standard InChI is InChI=1S/C22H24N6O4S2/c1-27(34(3,31)32)21-17(8-5-11-23-21)15-24-19-10-6-12-28-22(19)25-20(26-28)14-16-7-4-9-18(13-16)33(2,29)30/h4-13,24H,14-15H2,1-3H3. The fraction of sp³-hybridized carbons (Fsp3) is 0.227. The molecule has 3 heterocycles. The van der Waals surface area contributed by atoms with Crippen LogP contribution in [0.4, 0.5) is 11.5 Å². The topological polar surface area (TPSA) is 127 Å². The summed E-state index contributed by atoms with van der Waals surface area (Å²) < 4.78 is 50.4. The van der Waals surface area contributed by atoms with Gasteiger partial charge in [0.25, 0.3) is 0 Å². The zero-order valence-corrected chi connectivity index (χ0v) is 20.5. The van der Waals surface area contributed by atoms with Crippen LogP contribution in [0, 0.1) is 0 Å². The Balaban J connectivity index is 1.59. The van der Waals surface area contributed by atoms with Crippen molar-refractivity contribution in [3.8, 4) is 0 Å². The van der Waals surface area contributed by atoms with Crippen molar-refractivity contribution in [1.29, 1.82) is 0 Å². The molecule has 0 amide bonds. The summed E-state index contributed by atoms with van der Waals surface area (Å²) in [4.78, 5) is 9.10. The van der Waals surface area contributed by atoms with E-state index in [2.05, 4.69) is 20.4 Å². The van der Waals surface area contributed by atoms with Gasteiger partial charge in [-0.15, -0.1) is 0 Å². The largest absolute Gasteiger partial charge is 0.378 e. The molecule has 0 fully saturated rings. The fourth-order valence-electron chi connectivity index (χ4n) is 3.43. The van der Waals surface area contributed by atoms with E-state index in [0.717, 1.165) is 16.1 Å². The fourth-order valence-corrected chi connectivity index (χ4v) is 4.60. The highest BCUT2D eigenvalue weighted by Crippen LogP contribution is 2.22. The molecule has 0 aliphatic rings. The quantitative estimate of drug-likeness (QED) is 0.390. The van der Waals surface area contributed by atoms with Gasteiger partial charge in [0.15, 0.2) is 21.3 Å². The van der Waals surface area contributed by atoms with Crippen LogP contribution in [0.1, 0.15) is 17.0 Å². The Morgan fingerprint density at radius 2 is 1.82 bits per heavy atom. The number of hydrogen-bond acceptors (Lipinski definition) is 8. The normalized spacial score (nSPS) is 12.1. The monoisotopic (exact) mass is 500 g/mol. The Morgan fingerprint density at radius 1 is 1.03 bits per heavy atom. The molecule has 0 bridgehead atoms. The van der Waals surface area contributed by atoms with Gasteiger partial charge >= 0.3 is 0 Å². The number of sulfonamides is 1. The second-order valence-electron chi connectivity index (χ2n) is 7.88. The molecule has 0 saturated carbocycles. The summed E-state index contributed by atoms with van der Waals surface area (Å²) in [5, 5.41) is 7.80. The molecule has 1 aromatic carbocycles. The Hall–Kier alpha value is -3.51. The minimum absolute atomic E-state index is 0.252. The van der Waals surface area contributed by atoms with Crippen molar-refractivity contribution in [3.05, 3.63) is 77.9 Å². The predicted octanol–water partition coefficient (Wildman–Crippen LogP) is 2.13. The van der Waals surface area contributed by atoms with Gasteiger partial charge in [-0.1, -0.05) is 18.2 Å². The minimum Gasteiger partial charge on any atom is -0.378 e. The molecule has 0 aliphatic carbocycles. The number of anilines is 2. The van der Waals surface area contributed by atoms with Gasteiger partial charge in [0, 0.05) is 44.2 Å². The van der Waals surface area contributed by atoms with Gasteiger partial charge in [-0.3, -0.25) is 4.31 Å². The maximum atomic E-state index is 12.0. The van der Waals surface area contributed by atoms with Crippen LogP contribution in [0.25, 0.3) is 5.65 Å². The predicted molar refractivity (Wildman–Crippen MR) is 130 cm³/mol. The number of fused-ring (bicyclic) bond motifs is 1. The highest BCUT2D eigenvalue weighted by Gasteiger charge is 2.17. The summed E-state index contributed by atoms with van der Waals surface area (Å²) in [7, 11) is -5.30. The molecule has 0 atom stereocenters. The minimum atomic E-state index is -3.46. The summed E-state index contributed by atoms with van der Waals surface area (Å²) in [6.07, 6.45) is 6.00. The average molecular weight is 501 g/mol. The first-order chi connectivity index (χ1) is 16.0. The first-order valence-corrected chi connectivity index (χ1v) is 14.0.